The number of fused-ring (bicyclic) bond motifs is 1. The number of rotatable bonds is 5. The number of aromatic nitrogens is 2. The first kappa shape index (κ1) is 17.5. The van der Waals surface area contributed by atoms with E-state index in [0.717, 1.165) is 35.3 Å². The zero-order valence-corrected chi connectivity index (χ0v) is 13.8. The highest BCUT2D eigenvalue weighted by molar-refractivity contribution is 5.94. The number of benzene rings is 1. The smallest absolute Gasteiger partial charge is 0.272 e. The molecule has 3 rings (SSSR count). The summed E-state index contributed by atoms with van der Waals surface area (Å²) in [6.45, 7) is 2.66. The van der Waals surface area contributed by atoms with Crippen LogP contribution in [-0.2, 0) is 30.9 Å². The minimum atomic E-state index is -0.140. The number of H-pyrrole nitrogens is 1. The molecule has 0 unspecified atom stereocenters. The van der Waals surface area contributed by atoms with Gasteiger partial charge in [0.2, 0.25) is 0 Å². The number of methoxy groups -OCH3 is 1. The molecule has 1 aliphatic rings. The Morgan fingerprint density at radius 2 is 2.22 bits per heavy atom. The molecule has 1 amide bonds. The molecule has 23 heavy (non-hydrogen) atoms. The van der Waals surface area contributed by atoms with E-state index < -0.39 is 0 Å². The van der Waals surface area contributed by atoms with E-state index in [2.05, 4.69) is 20.8 Å². The molecule has 6 nitrogen and oxygen atoms in total. The predicted octanol–water partition coefficient (Wildman–Crippen LogP) is 1.55. The van der Waals surface area contributed by atoms with Gasteiger partial charge in [-0.15, -0.1) is 12.4 Å². The lowest BCUT2D eigenvalue weighted by Gasteiger charge is -2.13. The predicted molar refractivity (Wildman–Crippen MR) is 89.6 cm³/mol. The first-order chi connectivity index (χ1) is 10.8. The van der Waals surface area contributed by atoms with Crippen molar-refractivity contribution in [2.75, 3.05) is 13.7 Å². The average Bonchev–Trinajstić information content (AvgIpc) is 2.97. The number of carbonyl (C=O) groups is 1. The summed E-state index contributed by atoms with van der Waals surface area (Å²) < 4.78 is 5.12. The number of carbonyl (C=O) groups excluding carboxylic acids is 1. The Labute approximate surface area is 141 Å². The zero-order chi connectivity index (χ0) is 15.4. The minimum absolute atomic E-state index is 0. The maximum Gasteiger partial charge on any atom is 0.272 e. The summed E-state index contributed by atoms with van der Waals surface area (Å²) in [7, 11) is 1.67. The van der Waals surface area contributed by atoms with Crippen LogP contribution in [0.2, 0.25) is 0 Å². The van der Waals surface area contributed by atoms with Crippen LogP contribution in [-0.4, -0.2) is 29.8 Å². The van der Waals surface area contributed by atoms with Crippen molar-refractivity contribution in [3.05, 3.63) is 52.3 Å². The van der Waals surface area contributed by atoms with Gasteiger partial charge in [-0.05, 0) is 11.1 Å². The van der Waals surface area contributed by atoms with Crippen LogP contribution in [0.15, 0.2) is 24.3 Å². The van der Waals surface area contributed by atoms with Gasteiger partial charge in [-0.3, -0.25) is 9.89 Å². The van der Waals surface area contributed by atoms with Gasteiger partial charge >= 0.3 is 0 Å². The van der Waals surface area contributed by atoms with Crippen molar-refractivity contribution in [3.63, 3.8) is 0 Å². The number of nitrogens with zero attached hydrogens (tertiary/aromatic N) is 1. The molecule has 3 N–H and O–H groups in total. The van der Waals surface area contributed by atoms with Crippen molar-refractivity contribution in [3.8, 4) is 0 Å². The molecule has 1 aromatic heterocycles. The fraction of sp³-hybridized carbons (Fsp3) is 0.375. The van der Waals surface area contributed by atoms with Gasteiger partial charge in [0.25, 0.3) is 5.91 Å². The second kappa shape index (κ2) is 8.10. The Bertz CT molecular complexity index is 672. The molecule has 0 spiro atoms. The molecule has 0 aliphatic carbocycles. The van der Waals surface area contributed by atoms with Crippen molar-refractivity contribution in [1.29, 1.82) is 0 Å². The largest absolute Gasteiger partial charge is 0.380 e. The van der Waals surface area contributed by atoms with Gasteiger partial charge in [0.15, 0.2) is 5.69 Å². The maximum atomic E-state index is 12.3. The standard InChI is InChI=1S/C16H20N4O2.ClH/c1-22-10-12-4-2-3-11(7-12)8-18-16(21)15-13-9-17-6-5-14(13)19-20-15;/h2-4,7,17H,5-6,8-10H2,1H3,(H,18,21)(H,19,20);1H. The van der Waals surface area contributed by atoms with Gasteiger partial charge < -0.3 is 15.4 Å². The van der Waals surface area contributed by atoms with E-state index in [9.17, 15) is 4.79 Å². The number of halogens is 1. The Hall–Kier alpha value is -1.89. The fourth-order valence-corrected chi connectivity index (χ4v) is 2.68. The maximum absolute atomic E-state index is 12.3. The number of aromatic amines is 1. The highest BCUT2D eigenvalue weighted by Crippen LogP contribution is 2.15. The Kier molecular flexibility index (Phi) is 6.15. The molecular weight excluding hydrogens is 316 g/mol. The van der Waals surface area contributed by atoms with Crippen LogP contribution in [0.5, 0.6) is 0 Å². The fourth-order valence-electron chi connectivity index (χ4n) is 2.68. The van der Waals surface area contributed by atoms with E-state index in [1.807, 2.05) is 24.3 Å². The highest BCUT2D eigenvalue weighted by atomic mass is 35.5. The van der Waals surface area contributed by atoms with E-state index in [-0.39, 0.29) is 18.3 Å². The van der Waals surface area contributed by atoms with Gasteiger partial charge in [0.05, 0.1) is 6.61 Å². The van der Waals surface area contributed by atoms with Crippen molar-refractivity contribution in [1.82, 2.24) is 20.8 Å². The zero-order valence-electron chi connectivity index (χ0n) is 13.0. The Balaban J connectivity index is 0.00000192. The molecular formula is C16H21ClN4O2. The third kappa shape index (κ3) is 4.10. The highest BCUT2D eigenvalue weighted by Gasteiger charge is 2.21. The lowest BCUT2D eigenvalue weighted by molar-refractivity contribution is 0.0944. The second-order valence-corrected chi connectivity index (χ2v) is 5.39. The summed E-state index contributed by atoms with van der Waals surface area (Å²) >= 11 is 0. The molecule has 1 aromatic carbocycles. The van der Waals surface area contributed by atoms with Crippen LogP contribution in [0.3, 0.4) is 0 Å². The van der Waals surface area contributed by atoms with Gasteiger partial charge in [0.1, 0.15) is 0 Å². The van der Waals surface area contributed by atoms with E-state index in [1.165, 1.54) is 0 Å². The molecule has 0 fully saturated rings. The van der Waals surface area contributed by atoms with E-state index in [1.54, 1.807) is 7.11 Å². The first-order valence-corrected chi connectivity index (χ1v) is 7.39. The second-order valence-electron chi connectivity index (χ2n) is 5.39. The number of hydrogen-bond acceptors (Lipinski definition) is 4. The number of ether oxygens (including phenoxy) is 1. The topological polar surface area (TPSA) is 79.0 Å². The summed E-state index contributed by atoms with van der Waals surface area (Å²) in [6, 6.07) is 7.99. The summed E-state index contributed by atoms with van der Waals surface area (Å²) in [5.41, 5.74) is 4.68. The molecule has 0 atom stereocenters. The molecule has 1 aliphatic heterocycles. The van der Waals surface area contributed by atoms with Crippen molar-refractivity contribution >= 4 is 18.3 Å². The molecule has 0 bridgehead atoms. The third-order valence-electron chi connectivity index (χ3n) is 3.78. The molecule has 7 heteroatoms. The van der Waals surface area contributed by atoms with Gasteiger partial charge in [0, 0.05) is 44.4 Å². The lowest BCUT2D eigenvalue weighted by atomic mass is 10.1. The lowest BCUT2D eigenvalue weighted by Crippen LogP contribution is -2.28. The van der Waals surface area contributed by atoms with Crippen LogP contribution in [0.4, 0.5) is 0 Å². The molecule has 124 valence electrons. The van der Waals surface area contributed by atoms with E-state index in [4.69, 9.17) is 4.74 Å². The van der Waals surface area contributed by atoms with Crippen LogP contribution >= 0.6 is 12.4 Å². The van der Waals surface area contributed by atoms with Crippen molar-refractivity contribution < 1.29 is 9.53 Å². The monoisotopic (exact) mass is 336 g/mol. The van der Waals surface area contributed by atoms with Crippen molar-refractivity contribution in [2.45, 2.75) is 26.1 Å². The summed E-state index contributed by atoms with van der Waals surface area (Å²) in [6.07, 6.45) is 0.884. The summed E-state index contributed by atoms with van der Waals surface area (Å²) in [5, 5.41) is 13.3. The van der Waals surface area contributed by atoms with Gasteiger partial charge in [-0.1, -0.05) is 24.3 Å². The Morgan fingerprint density at radius 3 is 3.04 bits per heavy atom. The van der Waals surface area contributed by atoms with Gasteiger partial charge in [-0.2, -0.15) is 5.10 Å². The van der Waals surface area contributed by atoms with E-state index in [0.29, 0.717) is 25.4 Å². The normalized spacial score (nSPS) is 13.1. The number of hydrogen-bond donors (Lipinski definition) is 3. The molecule has 0 radical (unpaired) electrons. The van der Waals surface area contributed by atoms with Crippen LogP contribution < -0.4 is 10.6 Å². The first-order valence-electron chi connectivity index (χ1n) is 7.39. The number of amides is 1. The molecule has 2 aromatic rings. The average molecular weight is 337 g/mol. The van der Waals surface area contributed by atoms with Gasteiger partial charge in [-0.25, -0.2) is 0 Å². The number of nitrogens with one attached hydrogen (secondary N) is 3. The van der Waals surface area contributed by atoms with Crippen LogP contribution in [0.25, 0.3) is 0 Å². The molecule has 0 saturated heterocycles. The van der Waals surface area contributed by atoms with Crippen LogP contribution in [0.1, 0.15) is 32.9 Å². The SMILES string of the molecule is COCc1cccc(CNC(=O)c2n[nH]c3c2CNCC3)c1.Cl. The molecule has 0 saturated carbocycles. The minimum Gasteiger partial charge on any atom is -0.380 e. The van der Waals surface area contributed by atoms with Crippen LogP contribution in [0, 0.1) is 0 Å². The van der Waals surface area contributed by atoms with Crippen molar-refractivity contribution in [2.24, 2.45) is 0 Å². The third-order valence-corrected chi connectivity index (χ3v) is 3.78. The molecule has 2 heterocycles. The Morgan fingerprint density at radius 1 is 1.39 bits per heavy atom. The quantitative estimate of drug-likeness (QED) is 0.774. The summed E-state index contributed by atoms with van der Waals surface area (Å²) in [4.78, 5) is 12.3. The summed E-state index contributed by atoms with van der Waals surface area (Å²) in [5.74, 6) is -0.140. The van der Waals surface area contributed by atoms with E-state index >= 15 is 0 Å².